The number of aliphatic imine (C=N–C) groups is 1. The summed E-state index contributed by atoms with van der Waals surface area (Å²) in [6.45, 7) is 0.146. The number of fused-ring (bicyclic) bond motifs is 1. The number of anilines is 1. The molecule has 1 heterocycles. The predicted octanol–water partition coefficient (Wildman–Crippen LogP) is 5.00. The van der Waals surface area contributed by atoms with E-state index in [-0.39, 0.29) is 24.2 Å². The van der Waals surface area contributed by atoms with Gasteiger partial charge in [0.05, 0.1) is 30.3 Å². The number of nitriles is 1. The van der Waals surface area contributed by atoms with E-state index in [9.17, 15) is 18.4 Å². The van der Waals surface area contributed by atoms with Gasteiger partial charge in [0.15, 0.2) is 0 Å². The van der Waals surface area contributed by atoms with Crippen LogP contribution in [-0.2, 0) is 6.18 Å². The quantitative estimate of drug-likeness (QED) is 0.505. The summed E-state index contributed by atoms with van der Waals surface area (Å²) >= 11 is 3.57. The van der Waals surface area contributed by atoms with E-state index in [0.717, 1.165) is 6.07 Å². The summed E-state index contributed by atoms with van der Waals surface area (Å²) in [5.74, 6) is 0. The molecule has 1 atom stereocenters. The highest BCUT2D eigenvalue weighted by molar-refractivity contribution is 9.10. The van der Waals surface area contributed by atoms with E-state index in [1.807, 2.05) is 17.0 Å². The van der Waals surface area contributed by atoms with Gasteiger partial charge in [-0.3, -0.25) is 4.99 Å². The second-order valence-corrected chi connectivity index (χ2v) is 7.51. The molecule has 3 nitrogen and oxygen atoms in total. The van der Waals surface area contributed by atoms with Crippen LogP contribution in [0.5, 0.6) is 0 Å². The molecular weight excluding hydrogens is 407 g/mol. The fourth-order valence-electron chi connectivity index (χ4n) is 3.04. The molecule has 3 rings (SSSR count). The Kier molecular flexibility index (Phi) is 4.80. The van der Waals surface area contributed by atoms with Crippen LogP contribution in [0.3, 0.4) is 0 Å². The Morgan fingerprint density at radius 3 is 2.42 bits per heavy atom. The van der Waals surface area contributed by atoms with Crippen LogP contribution in [0.15, 0.2) is 53.5 Å². The third kappa shape index (κ3) is 3.21. The summed E-state index contributed by atoms with van der Waals surface area (Å²) in [4.78, 5) is 6.37. The fourth-order valence-corrected chi connectivity index (χ4v) is 3.48. The predicted molar refractivity (Wildman–Crippen MR) is 98.7 cm³/mol. The number of hydrogen-bond acceptors (Lipinski definition) is 3. The molecule has 0 aliphatic carbocycles. The average Bonchev–Trinajstić information content (AvgIpc) is 2.71. The van der Waals surface area contributed by atoms with E-state index < -0.39 is 16.2 Å². The molecule has 0 aromatic heterocycles. The van der Waals surface area contributed by atoms with E-state index in [1.165, 1.54) is 12.1 Å². The number of likely N-dealkylation sites (N-methyl/N-ethyl adjacent to an activating group) is 1. The third-order valence-corrected chi connectivity index (χ3v) is 5.50. The molecule has 0 saturated heterocycles. The van der Waals surface area contributed by atoms with Crippen LogP contribution in [0.1, 0.15) is 23.1 Å². The van der Waals surface area contributed by atoms with Crippen molar-refractivity contribution >= 4 is 27.3 Å². The van der Waals surface area contributed by atoms with Gasteiger partial charge < -0.3 is 4.90 Å². The van der Waals surface area contributed by atoms with Crippen LogP contribution >= 0.6 is 15.9 Å². The number of alkyl halides is 4. The molecule has 134 valence electrons. The summed E-state index contributed by atoms with van der Waals surface area (Å²) in [7, 11) is 1.80. The van der Waals surface area contributed by atoms with Crippen molar-refractivity contribution in [2.45, 2.75) is 17.0 Å². The molecule has 26 heavy (non-hydrogen) atoms. The van der Waals surface area contributed by atoms with Crippen molar-refractivity contribution in [1.29, 1.82) is 5.26 Å². The maximum absolute atomic E-state index is 13.5. The Balaban J connectivity index is 2.25. The number of para-hydroxylation sites is 1. The standard InChI is InChI=1S/C19H15BrF3N3/c1-26-16-9-5-3-7-14(16)17(25-12-18(26,20)10-11-24)13-6-2-4-8-15(13)19(21,22)23/h2-9H,10,12H2,1H3. The highest BCUT2D eigenvalue weighted by Gasteiger charge is 2.38. The highest BCUT2D eigenvalue weighted by atomic mass is 79.9. The zero-order valence-electron chi connectivity index (χ0n) is 13.9. The summed E-state index contributed by atoms with van der Waals surface area (Å²) in [5, 5.41) is 9.17. The molecule has 0 spiro atoms. The summed E-state index contributed by atoms with van der Waals surface area (Å²) < 4.78 is 39.8. The maximum Gasteiger partial charge on any atom is 0.417 e. The summed E-state index contributed by atoms with van der Waals surface area (Å²) in [6.07, 6.45) is -4.35. The molecule has 1 aliphatic heterocycles. The molecule has 0 fully saturated rings. The molecular formula is C19H15BrF3N3. The molecule has 7 heteroatoms. The van der Waals surface area contributed by atoms with Gasteiger partial charge in [0.2, 0.25) is 0 Å². The zero-order chi connectivity index (χ0) is 18.9. The molecule has 0 N–H and O–H groups in total. The van der Waals surface area contributed by atoms with Gasteiger partial charge in [-0.15, -0.1) is 0 Å². The summed E-state index contributed by atoms with van der Waals surface area (Å²) in [6, 6.07) is 14.7. The van der Waals surface area contributed by atoms with E-state index in [1.54, 1.807) is 25.2 Å². The minimum absolute atomic E-state index is 0.0366. The maximum atomic E-state index is 13.5. The van der Waals surface area contributed by atoms with E-state index in [0.29, 0.717) is 11.3 Å². The molecule has 1 aliphatic rings. The topological polar surface area (TPSA) is 39.4 Å². The highest BCUT2D eigenvalue weighted by Crippen LogP contribution is 2.39. The van der Waals surface area contributed by atoms with Crippen molar-refractivity contribution in [3.05, 3.63) is 65.2 Å². The van der Waals surface area contributed by atoms with E-state index in [2.05, 4.69) is 27.0 Å². The Bertz CT molecular complexity index is 901. The lowest BCUT2D eigenvalue weighted by atomic mass is 9.96. The normalized spacial score (nSPS) is 20.0. The first-order chi connectivity index (χ1) is 12.3. The van der Waals surface area contributed by atoms with Crippen molar-refractivity contribution in [2.75, 3.05) is 18.5 Å². The molecule has 1 unspecified atom stereocenters. The van der Waals surface area contributed by atoms with Gasteiger partial charge in [0, 0.05) is 23.9 Å². The average molecular weight is 422 g/mol. The first kappa shape index (κ1) is 18.5. The fraction of sp³-hybridized carbons (Fsp3) is 0.263. The van der Waals surface area contributed by atoms with Gasteiger partial charge in [-0.2, -0.15) is 18.4 Å². The largest absolute Gasteiger partial charge is 0.417 e. The number of halogens is 4. The van der Waals surface area contributed by atoms with Crippen LogP contribution in [0.2, 0.25) is 0 Å². The SMILES string of the molecule is CN1c2ccccc2C(c2ccccc2C(F)(F)F)=NCC1(Br)CC#N. The smallest absolute Gasteiger partial charge is 0.356 e. The van der Waals surface area contributed by atoms with Crippen molar-refractivity contribution in [1.82, 2.24) is 0 Å². The Morgan fingerprint density at radius 1 is 1.15 bits per heavy atom. The van der Waals surface area contributed by atoms with Gasteiger partial charge in [-0.1, -0.05) is 52.3 Å². The third-order valence-electron chi connectivity index (χ3n) is 4.44. The lowest BCUT2D eigenvalue weighted by Crippen LogP contribution is -2.43. The molecule has 0 amide bonds. The van der Waals surface area contributed by atoms with Crippen molar-refractivity contribution in [2.24, 2.45) is 4.99 Å². The Labute approximate surface area is 157 Å². The number of benzodiazepines with no additional fused rings is 1. The van der Waals surface area contributed by atoms with Gasteiger partial charge in [0.1, 0.15) is 4.45 Å². The monoisotopic (exact) mass is 421 g/mol. The van der Waals surface area contributed by atoms with Gasteiger partial charge in [-0.25, -0.2) is 0 Å². The number of hydrogen-bond donors (Lipinski definition) is 0. The molecule has 0 radical (unpaired) electrons. The van der Waals surface area contributed by atoms with Crippen molar-refractivity contribution in [3.63, 3.8) is 0 Å². The van der Waals surface area contributed by atoms with Crippen molar-refractivity contribution < 1.29 is 13.2 Å². The lowest BCUT2D eigenvalue weighted by molar-refractivity contribution is -0.137. The number of rotatable bonds is 2. The van der Waals surface area contributed by atoms with Crippen LogP contribution < -0.4 is 4.90 Å². The summed E-state index contributed by atoms with van der Waals surface area (Å²) in [5.41, 5.74) is 0.909. The number of nitrogens with zero attached hydrogens (tertiary/aromatic N) is 3. The van der Waals surface area contributed by atoms with Gasteiger partial charge in [0.25, 0.3) is 0 Å². The number of benzene rings is 2. The first-order valence-electron chi connectivity index (χ1n) is 7.88. The van der Waals surface area contributed by atoms with Crippen molar-refractivity contribution in [3.8, 4) is 6.07 Å². The Morgan fingerprint density at radius 2 is 1.77 bits per heavy atom. The minimum Gasteiger partial charge on any atom is -0.356 e. The van der Waals surface area contributed by atoms with Gasteiger partial charge >= 0.3 is 6.18 Å². The van der Waals surface area contributed by atoms with Gasteiger partial charge in [-0.05, 0) is 12.1 Å². The van der Waals surface area contributed by atoms with E-state index >= 15 is 0 Å². The van der Waals surface area contributed by atoms with Crippen LogP contribution in [-0.4, -0.2) is 23.8 Å². The molecule has 0 bridgehead atoms. The minimum atomic E-state index is -4.48. The van der Waals surface area contributed by atoms with Crippen LogP contribution in [0.25, 0.3) is 0 Å². The van der Waals surface area contributed by atoms with Crippen LogP contribution in [0.4, 0.5) is 18.9 Å². The lowest BCUT2D eigenvalue weighted by Gasteiger charge is -2.35. The zero-order valence-corrected chi connectivity index (χ0v) is 15.5. The van der Waals surface area contributed by atoms with E-state index in [4.69, 9.17) is 0 Å². The molecule has 0 saturated carbocycles. The van der Waals surface area contributed by atoms with Crippen LogP contribution in [0, 0.1) is 11.3 Å². The Hall–Kier alpha value is -2.33. The second kappa shape index (κ2) is 6.76. The second-order valence-electron chi connectivity index (χ2n) is 6.04. The molecule has 2 aromatic carbocycles. The molecule has 2 aromatic rings. The first-order valence-corrected chi connectivity index (χ1v) is 8.67.